The van der Waals surface area contributed by atoms with Crippen LogP contribution < -0.4 is 5.32 Å². The monoisotopic (exact) mass is 440 g/mol. The second kappa shape index (κ2) is 8.43. The molecule has 8 heteroatoms. The summed E-state index contributed by atoms with van der Waals surface area (Å²) >= 11 is 7.21. The van der Waals surface area contributed by atoms with Crippen molar-refractivity contribution in [2.45, 2.75) is 42.9 Å². The van der Waals surface area contributed by atoms with Crippen LogP contribution in [-0.2, 0) is 21.8 Å². The quantitative estimate of drug-likeness (QED) is 0.746. The van der Waals surface area contributed by atoms with Gasteiger partial charge in [-0.15, -0.1) is 11.3 Å². The molecule has 0 atom stereocenters. The minimum atomic E-state index is -3.19. The summed E-state index contributed by atoms with van der Waals surface area (Å²) in [6.45, 7) is 5.57. The summed E-state index contributed by atoms with van der Waals surface area (Å²) in [6.07, 6.45) is 1.78. The molecular weight excluding hydrogens is 416 g/mol. The lowest BCUT2D eigenvalue weighted by atomic mass is 9.74. The number of halogens is 1. The number of hydrogen-bond donors (Lipinski definition) is 1. The second-order valence-corrected chi connectivity index (χ2v) is 11.4. The van der Waals surface area contributed by atoms with Crippen LogP contribution >= 0.6 is 22.9 Å². The average molecular weight is 441 g/mol. The molecule has 5 nitrogen and oxygen atoms in total. The van der Waals surface area contributed by atoms with Crippen LogP contribution in [0.4, 0.5) is 4.79 Å². The Bertz CT molecular complexity index is 931. The van der Waals surface area contributed by atoms with Crippen molar-refractivity contribution in [2.75, 3.05) is 18.8 Å². The highest BCUT2D eigenvalue weighted by Crippen LogP contribution is 2.35. The number of nitrogens with zero attached hydrogens (tertiary/aromatic N) is 1. The van der Waals surface area contributed by atoms with Gasteiger partial charge in [0.05, 0.1) is 12.3 Å². The summed E-state index contributed by atoms with van der Waals surface area (Å²) in [4.78, 5) is 15.2. The van der Waals surface area contributed by atoms with Crippen molar-refractivity contribution in [2.24, 2.45) is 0 Å². The van der Waals surface area contributed by atoms with E-state index in [4.69, 9.17) is 11.6 Å². The number of piperidine rings is 1. The van der Waals surface area contributed by atoms with E-state index in [2.05, 4.69) is 24.4 Å². The lowest BCUT2D eigenvalue weighted by molar-refractivity contribution is 0.162. The molecule has 2 heterocycles. The number of amides is 2. The van der Waals surface area contributed by atoms with Crippen LogP contribution in [0.1, 0.15) is 37.1 Å². The number of rotatable bonds is 5. The highest BCUT2D eigenvalue weighted by molar-refractivity contribution is 7.93. The number of nitrogens with one attached hydrogen (secondary N) is 1. The maximum Gasteiger partial charge on any atom is 0.317 e. The van der Waals surface area contributed by atoms with Crippen molar-refractivity contribution in [1.29, 1.82) is 0 Å². The fourth-order valence-electron chi connectivity index (χ4n) is 3.38. The molecule has 1 saturated heterocycles. The topological polar surface area (TPSA) is 66.5 Å². The van der Waals surface area contributed by atoms with Crippen LogP contribution in [0.2, 0.25) is 5.02 Å². The third-order valence-corrected chi connectivity index (χ3v) is 9.09. The van der Waals surface area contributed by atoms with E-state index in [0.717, 1.165) is 22.7 Å². The van der Waals surface area contributed by atoms with E-state index in [1.165, 1.54) is 16.9 Å². The zero-order valence-corrected chi connectivity index (χ0v) is 18.5. The summed E-state index contributed by atoms with van der Waals surface area (Å²) in [5.74, 6) is 0.0828. The molecule has 0 bridgehead atoms. The molecule has 28 heavy (non-hydrogen) atoms. The molecule has 1 N–H and O–H groups in total. The number of urea groups is 1. The lowest BCUT2D eigenvalue weighted by Gasteiger charge is -2.39. The van der Waals surface area contributed by atoms with E-state index < -0.39 is 9.84 Å². The molecule has 152 valence electrons. The van der Waals surface area contributed by atoms with Gasteiger partial charge in [-0.3, -0.25) is 0 Å². The first-order valence-electron chi connectivity index (χ1n) is 9.34. The first-order valence-corrected chi connectivity index (χ1v) is 12.2. The lowest BCUT2D eigenvalue weighted by Crippen LogP contribution is -2.47. The van der Waals surface area contributed by atoms with Crippen LogP contribution in [-0.4, -0.2) is 38.2 Å². The Kier molecular flexibility index (Phi) is 6.37. The summed E-state index contributed by atoms with van der Waals surface area (Å²) < 4.78 is 24.2. The molecule has 2 aromatic rings. The summed E-state index contributed by atoms with van der Waals surface area (Å²) in [7, 11) is -3.19. The van der Waals surface area contributed by atoms with Crippen molar-refractivity contribution >= 4 is 38.8 Å². The van der Waals surface area contributed by atoms with Crippen molar-refractivity contribution < 1.29 is 13.2 Å². The standard InChI is InChI=1S/C20H25ClN2O3S2/c1-3-28(25,26)18-9-8-17(27-18)14-22-19(24)23-12-10-20(2,11-13-23)15-4-6-16(21)7-5-15/h4-9H,3,10-14H2,1-2H3,(H,22,24). The minimum absolute atomic E-state index is 0.0402. The number of hydrogen-bond acceptors (Lipinski definition) is 4. The predicted molar refractivity (Wildman–Crippen MR) is 114 cm³/mol. The number of benzene rings is 1. The molecule has 1 aromatic heterocycles. The van der Waals surface area contributed by atoms with Gasteiger partial charge >= 0.3 is 6.03 Å². The highest BCUT2D eigenvalue weighted by atomic mass is 35.5. The van der Waals surface area contributed by atoms with Gasteiger partial charge in [-0.05, 0) is 48.1 Å². The predicted octanol–water partition coefficient (Wildman–Crippen LogP) is 4.46. The molecule has 1 aliphatic rings. The highest BCUT2D eigenvalue weighted by Gasteiger charge is 2.33. The molecular formula is C20H25ClN2O3S2. The van der Waals surface area contributed by atoms with E-state index in [1.807, 2.05) is 17.0 Å². The Hall–Kier alpha value is -1.57. The van der Waals surface area contributed by atoms with Crippen molar-refractivity contribution in [3.63, 3.8) is 0 Å². The molecule has 1 aromatic carbocycles. The second-order valence-electron chi connectivity index (χ2n) is 7.34. The largest absolute Gasteiger partial charge is 0.333 e. The summed E-state index contributed by atoms with van der Waals surface area (Å²) in [6, 6.07) is 11.2. The zero-order valence-electron chi connectivity index (χ0n) is 16.1. The van der Waals surface area contributed by atoms with Gasteiger partial charge in [-0.2, -0.15) is 0 Å². The Morgan fingerprint density at radius 3 is 2.43 bits per heavy atom. The molecule has 0 aliphatic carbocycles. The number of likely N-dealkylation sites (tertiary alicyclic amines) is 1. The minimum Gasteiger partial charge on any atom is -0.333 e. The molecule has 0 spiro atoms. The first kappa shape index (κ1) is 21.1. The van der Waals surface area contributed by atoms with Crippen LogP contribution in [0.15, 0.2) is 40.6 Å². The van der Waals surface area contributed by atoms with E-state index >= 15 is 0 Å². The summed E-state index contributed by atoms with van der Waals surface area (Å²) in [5.41, 5.74) is 1.29. The molecule has 1 aliphatic heterocycles. The summed E-state index contributed by atoms with van der Waals surface area (Å²) in [5, 5.41) is 3.64. The number of carbonyl (C=O) groups excluding carboxylic acids is 1. The van der Waals surface area contributed by atoms with Gasteiger partial charge in [-0.1, -0.05) is 37.6 Å². The van der Waals surface area contributed by atoms with Crippen LogP contribution in [0.3, 0.4) is 0 Å². The van der Waals surface area contributed by atoms with Crippen LogP contribution in [0, 0.1) is 0 Å². The molecule has 2 amide bonds. The van der Waals surface area contributed by atoms with Crippen molar-refractivity contribution in [3.8, 4) is 0 Å². The van der Waals surface area contributed by atoms with Gasteiger partial charge in [0.25, 0.3) is 0 Å². The van der Waals surface area contributed by atoms with Crippen molar-refractivity contribution in [3.05, 3.63) is 51.9 Å². The molecule has 3 rings (SSSR count). The Balaban J connectivity index is 1.54. The van der Waals surface area contributed by atoms with Crippen molar-refractivity contribution in [1.82, 2.24) is 10.2 Å². The Morgan fingerprint density at radius 1 is 1.18 bits per heavy atom. The fraction of sp³-hybridized carbons (Fsp3) is 0.450. The third kappa shape index (κ3) is 4.70. The van der Waals surface area contributed by atoms with E-state index in [1.54, 1.807) is 19.1 Å². The normalized spacial score (nSPS) is 16.8. The smallest absolute Gasteiger partial charge is 0.317 e. The van der Waals surface area contributed by atoms with E-state index in [9.17, 15) is 13.2 Å². The van der Waals surface area contributed by atoms with Gasteiger partial charge in [0.15, 0.2) is 9.84 Å². The third-order valence-electron chi connectivity index (χ3n) is 5.43. The van der Waals surface area contributed by atoms with Crippen LogP contribution in [0.25, 0.3) is 0 Å². The number of sulfone groups is 1. The fourth-order valence-corrected chi connectivity index (χ4v) is 5.92. The van der Waals surface area contributed by atoms with E-state index in [0.29, 0.717) is 23.8 Å². The van der Waals surface area contributed by atoms with Gasteiger partial charge in [-0.25, -0.2) is 13.2 Å². The maximum absolute atomic E-state index is 12.5. The molecule has 0 unspecified atom stereocenters. The number of thiophene rings is 1. The Morgan fingerprint density at radius 2 is 1.82 bits per heavy atom. The Labute approximate surface area is 175 Å². The van der Waals surface area contributed by atoms with Gasteiger partial charge in [0.2, 0.25) is 0 Å². The van der Waals surface area contributed by atoms with Crippen LogP contribution in [0.5, 0.6) is 0 Å². The number of carbonyl (C=O) groups is 1. The molecule has 1 fully saturated rings. The average Bonchev–Trinajstić information content (AvgIpc) is 3.17. The molecule has 0 saturated carbocycles. The van der Waals surface area contributed by atoms with E-state index in [-0.39, 0.29) is 17.2 Å². The maximum atomic E-state index is 12.5. The van der Waals surface area contributed by atoms with Gasteiger partial charge < -0.3 is 10.2 Å². The molecule has 0 radical (unpaired) electrons. The van der Waals surface area contributed by atoms with Gasteiger partial charge in [0, 0.05) is 23.0 Å². The zero-order chi connectivity index (χ0) is 20.4. The SMILES string of the molecule is CCS(=O)(=O)c1ccc(CNC(=O)N2CCC(C)(c3ccc(Cl)cc3)CC2)s1. The first-order chi connectivity index (χ1) is 13.2. The van der Waals surface area contributed by atoms with Gasteiger partial charge in [0.1, 0.15) is 4.21 Å².